The van der Waals surface area contributed by atoms with E-state index in [1.165, 1.54) is 11.5 Å². The van der Waals surface area contributed by atoms with E-state index in [2.05, 4.69) is 16.3 Å². The zero-order valence-electron chi connectivity index (χ0n) is 14.8. The first-order valence-corrected chi connectivity index (χ1v) is 10.0. The number of ether oxygens (including phenoxy) is 1. The predicted octanol–water partition coefficient (Wildman–Crippen LogP) is 2.63. The molecule has 2 fully saturated rings. The monoisotopic (exact) mass is 348 g/mol. The Kier molecular flexibility index (Phi) is 5.85. The number of hydrogen-bond acceptors (Lipinski definition) is 4. The van der Waals surface area contributed by atoms with Gasteiger partial charge < -0.3 is 10.1 Å². The van der Waals surface area contributed by atoms with Crippen LogP contribution in [0.25, 0.3) is 0 Å². The van der Waals surface area contributed by atoms with E-state index in [1.807, 2.05) is 37.7 Å². The number of carbonyl (C=O) groups is 1. The molecule has 0 saturated carbocycles. The Hall–Kier alpha value is -1.04. The van der Waals surface area contributed by atoms with E-state index in [4.69, 9.17) is 4.74 Å². The number of carbonyl (C=O) groups excluding carboxylic acids is 1. The van der Waals surface area contributed by atoms with Crippen molar-refractivity contribution in [2.24, 2.45) is 0 Å². The second-order valence-electron chi connectivity index (χ2n) is 6.94. The van der Waals surface area contributed by atoms with Crippen LogP contribution < -0.4 is 5.32 Å². The van der Waals surface area contributed by atoms with Crippen LogP contribution >= 0.6 is 11.8 Å². The summed E-state index contributed by atoms with van der Waals surface area (Å²) >= 11 is 2.03. The van der Waals surface area contributed by atoms with Crippen molar-refractivity contribution >= 4 is 17.7 Å². The molecule has 0 atom stereocenters. The standard InChI is InChI=1S/C19H28N2O2S/c1-15-3-4-16(2)17(13-15)18(22)20-14-19(5-11-24-12-6-19)21-7-9-23-10-8-21/h3-4,13H,5-12,14H2,1-2H3,(H,20,22). The van der Waals surface area contributed by atoms with E-state index in [-0.39, 0.29) is 11.4 Å². The third-order valence-corrected chi connectivity index (χ3v) is 6.31. The molecule has 0 bridgehead atoms. The van der Waals surface area contributed by atoms with Crippen LogP contribution in [-0.2, 0) is 4.74 Å². The molecule has 3 rings (SSSR count). The summed E-state index contributed by atoms with van der Waals surface area (Å²) in [5.41, 5.74) is 3.07. The lowest BCUT2D eigenvalue weighted by Gasteiger charge is -2.48. The minimum Gasteiger partial charge on any atom is -0.379 e. The molecule has 24 heavy (non-hydrogen) atoms. The van der Waals surface area contributed by atoms with Crippen molar-refractivity contribution in [2.75, 3.05) is 44.4 Å². The molecule has 4 nitrogen and oxygen atoms in total. The van der Waals surface area contributed by atoms with Gasteiger partial charge in [0, 0.05) is 30.7 Å². The molecule has 0 radical (unpaired) electrons. The number of nitrogens with one attached hydrogen (secondary N) is 1. The first-order chi connectivity index (χ1) is 11.6. The topological polar surface area (TPSA) is 41.6 Å². The van der Waals surface area contributed by atoms with Crippen LogP contribution in [0, 0.1) is 13.8 Å². The quantitative estimate of drug-likeness (QED) is 0.908. The number of aryl methyl sites for hydroxylation is 2. The summed E-state index contributed by atoms with van der Waals surface area (Å²) in [6, 6.07) is 6.07. The summed E-state index contributed by atoms with van der Waals surface area (Å²) in [6.07, 6.45) is 2.29. The lowest BCUT2D eigenvalue weighted by molar-refractivity contribution is -0.0255. The Balaban J connectivity index is 1.71. The lowest BCUT2D eigenvalue weighted by atomic mass is 9.89. The van der Waals surface area contributed by atoms with E-state index in [9.17, 15) is 4.79 Å². The van der Waals surface area contributed by atoms with Crippen molar-refractivity contribution in [3.63, 3.8) is 0 Å². The maximum absolute atomic E-state index is 12.7. The fourth-order valence-electron chi connectivity index (χ4n) is 3.71. The number of amides is 1. The molecule has 0 unspecified atom stereocenters. The SMILES string of the molecule is Cc1ccc(C)c(C(=O)NCC2(N3CCOCC3)CCSCC2)c1. The smallest absolute Gasteiger partial charge is 0.251 e. The van der Waals surface area contributed by atoms with Crippen molar-refractivity contribution in [2.45, 2.75) is 32.2 Å². The van der Waals surface area contributed by atoms with Crippen LogP contribution in [0.1, 0.15) is 34.3 Å². The van der Waals surface area contributed by atoms with Gasteiger partial charge in [0.2, 0.25) is 0 Å². The summed E-state index contributed by atoms with van der Waals surface area (Å²) in [4.78, 5) is 15.3. The maximum Gasteiger partial charge on any atom is 0.251 e. The van der Waals surface area contributed by atoms with Crippen LogP contribution in [0.2, 0.25) is 0 Å². The van der Waals surface area contributed by atoms with Crippen LogP contribution in [0.3, 0.4) is 0 Å². The zero-order chi connectivity index (χ0) is 17.0. The van der Waals surface area contributed by atoms with Crippen molar-refractivity contribution in [1.82, 2.24) is 10.2 Å². The Labute approximate surface area is 149 Å². The number of rotatable bonds is 4. The molecule has 0 aromatic heterocycles. The second kappa shape index (κ2) is 7.89. The van der Waals surface area contributed by atoms with E-state index >= 15 is 0 Å². The van der Waals surface area contributed by atoms with Gasteiger partial charge in [0.1, 0.15) is 0 Å². The fraction of sp³-hybridized carbons (Fsp3) is 0.632. The minimum absolute atomic E-state index is 0.0575. The first-order valence-electron chi connectivity index (χ1n) is 8.87. The molecular weight excluding hydrogens is 320 g/mol. The van der Waals surface area contributed by atoms with Crippen molar-refractivity contribution in [1.29, 1.82) is 0 Å². The molecule has 1 N–H and O–H groups in total. The van der Waals surface area contributed by atoms with E-state index in [0.717, 1.165) is 62.4 Å². The molecule has 2 saturated heterocycles. The van der Waals surface area contributed by atoms with Gasteiger partial charge in [-0.3, -0.25) is 9.69 Å². The third kappa shape index (κ3) is 3.95. The van der Waals surface area contributed by atoms with Gasteiger partial charge in [0.25, 0.3) is 5.91 Å². The Bertz CT molecular complexity index is 579. The van der Waals surface area contributed by atoms with Gasteiger partial charge >= 0.3 is 0 Å². The molecule has 1 amide bonds. The molecule has 1 aromatic rings. The Morgan fingerprint density at radius 1 is 1.25 bits per heavy atom. The number of thioether (sulfide) groups is 1. The molecule has 132 valence electrons. The average molecular weight is 349 g/mol. The maximum atomic E-state index is 12.7. The molecule has 2 heterocycles. The number of hydrogen-bond donors (Lipinski definition) is 1. The number of morpholine rings is 1. The lowest BCUT2D eigenvalue weighted by Crippen LogP contribution is -2.60. The van der Waals surface area contributed by atoms with Gasteiger partial charge in [-0.25, -0.2) is 0 Å². The van der Waals surface area contributed by atoms with E-state index in [1.54, 1.807) is 0 Å². The van der Waals surface area contributed by atoms with Gasteiger partial charge in [0.15, 0.2) is 0 Å². The molecule has 1 aromatic carbocycles. The summed E-state index contributed by atoms with van der Waals surface area (Å²) in [5.74, 6) is 2.41. The Morgan fingerprint density at radius 2 is 1.96 bits per heavy atom. The van der Waals surface area contributed by atoms with Crippen molar-refractivity contribution in [3.8, 4) is 0 Å². The molecule has 5 heteroatoms. The highest BCUT2D eigenvalue weighted by Gasteiger charge is 2.39. The van der Waals surface area contributed by atoms with Gasteiger partial charge in [-0.15, -0.1) is 0 Å². The molecular formula is C19H28N2O2S. The summed E-state index contributed by atoms with van der Waals surface area (Å²) in [6.45, 7) is 8.33. The van der Waals surface area contributed by atoms with E-state index in [0.29, 0.717) is 0 Å². The van der Waals surface area contributed by atoms with Gasteiger partial charge in [-0.2, -0.15) is 11.8 Å². The van der Waals surface area contributed by atoms with Gasteiger partial charge in [0.05, 0.1) is 13.2 Å². The largest absolute Gasteiger partial charge is 0.379 e. The second-order valence-corrected chi connectivity index (χ2v) is 8.16. The van der Waals surface area contributed by atoms with Crippen LogP contribution in [0.15, 0.2) is 18.2 Å². The first kappa shape index (κ1) is 17.8. The Morgan fingerprint density at radius 3 is 2.67 bits per heavy atom. The minimum atomic E-state index is 0.0575. The molecule has 2 aliphatic heterocycles. The normalized spacial score (nSPS) is 21.4. The van der Waals surface area contributed by atoms with E-state index < -0.39 is 0 Å². The van der Waals surface area contributed by atoms with Gasteiger partial charge in [-0.1, -0.05) is 17.7 Å². The van der Waals surface area contributed by atoms with Gasteiger partial charge in [-0.05, 0) is 49.8 Å². The highest BCUT2D eigenvalue weighted by Crippen LogP contribution is 2.32. The highest BCUT2D eigenvalue weighted by molar-refractivity contribution is 7.99. The number of nitrogens with zero attached hydrogens (tertiary/aromatic N) is 1. The van der Waals surface area contributed by atoms with Crippen LogP contribution in [-0.4, -0.2) is 60.7 Å². The van der Waals surface area contributed by atoms with Crippen molar-refractivity contribution < 1.29 is 9.53 Å². The summed E-state index contributed by atoms with van der Waals surface area (Å²) in [7, 11) is 0. The molecule has 0 aliphatic carbocycles. The third-order valence-electron chi connectivity index (χ3n) is 5.32. The van der Waals surface area contributed by atoms with Crippen LogP contribution in [0.4, 0.5) is 0 Å². The average Bonchev–Trinajstić information content (AvgIpc) is 2.63. The zero-order valence-corrected chi connectivity index (χ0v) is 15.6. The van der Waals surface area contributed by atoms with Crippen LogP contribution in [0.5, 0.6) is 0 Å². The number of benzene rings is 1. The molecule has 0 spiro atoms. The molecule has 2 aliphatic rings. The summed E-state index contributed by atoms with van der Waals surface area (Å²) in [5, 5.41) is 3.24. The predicted molar refractivity (Wildman–Crippen MR) is 99.9 cm³/mol. The fourth-order valence-corrected chi connectivity index (χ4v) is 4.97. The summed E-state index contributed by atoms with van der Waals surface area (Å²) < 4.78 is 5.53. The highest BCUT2D eigenvalue weighted by atomic mass is 32.2. The van der Waals surface area contributed by atoms with Crippen molar-refractivity contribution in [3.05, 3.63) is 34.9 Å².